The summed E-state index contributed by atoms with van der Waals surface area (Å²) in [5.41, 5.74) is 1.26. The zero-order chi connectivity index (χ0) is 16.6. The van der Waals surface area contributed by atoms with Crippen LogP contribution in [-0.4, -0.2) is 50.6 Å². The maximum Gasteiger partial charge on any atom is 0.221 e. The van der Waals surface area contributed by atoms with Gasteiger partial charge in [-0.3, -0.25) is 9.69 Å². The number of piperidine rings is 1. The number of nitrogens with one attached hydrogen (secondary N) is 1. The highest BCUT2D eigenvalue weighted by molar-refractivity contribution is 5.75. The molecule has 1 amide bonds. The molecule has 1 aromatic heterocycles. The highest BCUT2D eigenvalue weighted by Crippen LogP contribution is 2.23. The summed E-state index contributed by atoms with van der Waals surface area (Å²) in [5.74, 6) is 0.0310. The van der Waals surface area contributed by atoms with E-state index in [4.69, 9.17) is 0 Å². The quantitative estimate of drug-likeness (QED) is 0.831. The molecule has 0 radical (unpaired) electrons. The normalized spacial score (nSPS) is 16.7. The van der Waals surface area contributed by atoms with Crippen LogP contribution in [0.25, 0.3) is 0 Å². The first-order valence-corrected chi connectivity index (χ1v) is 8.59. The molecule has 0 bridgehead atoms. The molecule has 7 nitrogen and oxygen atoms in total. The highest BCUT2D eigenvalue weighted by Gasteiger charge is 2.22. The van der Waals surface area contributed by atoms with Crippen molar-refractivity contribution in [1.29, 1.82) is 0 Å². The van der Waals surface area contributed by atoms with Crippen molar-refractivity contribution in [3.05, 3.63) is 42.2 Å². The lowest BCUT2D eigenvalue weighted by Gasteiger charge is -2.35. The van der Waals surface area contributed by atoms with E-state index in [2.05, 4.69) is 50.0 Å². The minimum Gasteiger partial charge on any atom is -0.354 e. The third kappa shape index (κ3) is 4.61. The number of likely N-dealkylation sites (tertiary alicyclic amines) is 1. The van der Waals surface area contributed by atoms with Gasteiger partial charge in [-0.2, -0.15) is 0 Å². The van der Waals surface area contributed by atoms with Crippen LogP contribution in [0, 0.1) is 0 Å². The first-order chi connectivity index (χ1) is 11.8. The number of amides is 1. The summed E-state index contributed by atoms with van der Waals surface area (Å²) < 4.78 is 1.57. The van der Waals surface area contributed by atoms with Crippen LogP contribution in [-0.2, 0) is 11.3 Å². The third-order valence-corrected chi connectivity index (χ3v) is 4.47. The fourth-order valence-corrected chi connectivity index (χ4v) is 3.16. The lowest BCUT2D eigenvalue weighted by Crippen LogP contribution is -2.40. The van der Waals surface area contributed by atoms with Crippen molar-refractivity contribution < 1.29 is 4.79 Å². The topological polar surface area (TPSA) is 75.9 Å². The van der Waals surface area contributed by atoms with E-state index in [0.29, 0.717) is 19.5 Å². The second-order valence-corrected chi connectivity index (χ2v) is 6.15. The Labute approximate surface area is 142 Å². The third-order valence-electron chi connectivity index (χ3n) is 4.47. The smallest absolute Gasteiger partial charge is 0.221 e. The van der Waals surface area contributed by atoms with Crippen molar-refractivity contribution in [3.8, 4) is 0 Å². The van der Waals surface area contributed by atoms with E-state index in [0.717, 1.165) is 13.1 Å². The lowest BCUT2D eigenvalue weighted by atomic mass is 10.0. The van der Waals surface area contributed by atoms with Crippen molar-refractivity contribution in [2.24, 2.45) is 0 Å². The predicted molar refractivity (Wildman–Crippen MR) is 90.1 cm³/mol. The maximum atomic E-state index is 12.1. The van der Waals surface area contributed by atoms with Gasteiger partial charge in [0.1, 0.15) is 6.33 Å². The number of carbonyl (C=O) groups is 1. The number of carbonyl (C=O) groups excluding carboxylic acids is 1. The van der Waals surface area contributed by atoms with Crippen LogP contribution in [0.3, 0.4) is 0 Å². The molecule has 1 unspecified atom stereocenters. The number of rotatable bonds is 7. The van der Waals surface area contributed by atoms with Crippen molar-refractivity contribution in [3.63, 3.8) is 0 Å². The van der Waals surface area contributed by atoms with Crippen LogP contribution in [0.1, 0.15) is 37.3 Å². The maximum absolute atomic E-state index is 12.1. The summed E-state index contributed by atoms with van der Waals surface area (Å²) in [5, 5.41) is 14.0. The average Bonchev–Trinajstić information content (AvgIpc) is 3.16. The molecule has 1 aromatic carbocycles. The minimum absolute atomic E-state index is 0.0310. The van der Waals surface area contributed by atoms with Gasteiger partial charge in [-0.1, -0.05) is 36.8 Å². The fourth-order valence-electron chi connectivity index (χ4n) is 3.16. The number of nitrogens with zero attached hydrogens (tertiary/aromatic N) is 5. The minimum atomic E-state index is 0.0310. The van der Waals surface area contributed by atoms with Crippen LogP contribution in [0.2, 0.25) is 0 Å². The van der Waals surface area contributed by atoms with Crippen LogP contribution in [0.5, 0.6) is 0 Å². The Hall–Kier alpha value is -2.28. The molecule has 0 saturated carbocycles. The van der Waals surface area contributed by atoms with Gasteiger partial charge in [-0.25, -0.2) is 4.68 Å². The molecule has 0 aliphatic carbocycles. The molecule has 2 heterocycles. The van der Waals surface area contributed by atoms with Crippen molar-refractivity contribution >= 4 is 5.91 Å². The van der Waals surface area contributed by atoms with E-state index in [-0.39, 0.29) is 11.9 Å². The van der Waals surface area contributed by atoms with Crippen LogP contribution in [0.4, 0.5) is 0 Å². The Kier molecular flexibility index (Phi) is 5.90. The Morgan fingerprint density at radius 1 is 1.17 bits per heavy atom. The zero-order valence-corrected chi connectivity index (χ0v) is 13.8. The van der Waals surface area contributed by atoms with E-state index >= 15 is 0 Å². The average molecular weight is 328 g/mol. The summed E-state index contributed by atoms with van der Waals surface area (Å²) in [6, 6.07) is 10.7. The molecule has 7 heteroatoms. The molecule has 1 fully saturated rings. The molecule has 1 aliphatic rings. The molecule has 1 aliphatic heterocycles. The summed E-state index contributed by atoms with van der Waals surface area (Å²) in [4.78, 5) is 14.6. The van der Waals surface area contributed by atoms with Crippen molar-refractivity contribution in [2.75, 3.05) is 19.6 Å². The molecule has 1 saturated heterocycles. The molecule has 1 atom stereocenters. The SMILES string of the molecule is O=C(CCn1cnnn1)NCC(c1ccccc1)N1CCCCC1. The Balaban J connectivity index is 1.56. The Bertz CT molecular complexity index is 609. The van der Waals surface area contributed by atoms with Gasteiger partial charge in [0.2, 0.25) is 5.91 Å². The molecule has 3 rings (SSSR count). The van der Waals surface area contributed by atoms with Gasteiger partial charge in [0.05, 0.1) is 12.6 Å². The van der Waals surface area contributed by atoms with Gasteiger partial charge < -0.3 is 5.32 Å². The van der Waals surface area contributed by atoms with E-state index < -0.39 is 0 Å². The molecular weight excluding hydrogens is 304 g/mol. The van der Waals surface area contributed by atoms with Crippen molar-refractivity contribution in [1.82, 2.24) is 30.4 Å². The van der Waals surface area contributed by atoms with Crippen LogP contribution in [0.15, 0.2) is 36.7 Å². The van der Waals surface area contributed by atoms with E-state index in [9.17, 15) is 4.79 Å². The van der Waals surface area contributed by atoms with Gasteiger partial charge in [0.15, 0.2) is 0 Å². The second-order valence-electron chi connectivity index (χ2n) is 6.15. The van der Waals surface area contributed by atoms with Gasteiger partial charge in [-0.15, -0.1) is 5.10 Å². The molecule has 2 aromatic rings. The molecular formula is C17H24N6O. The summed E-state index contributed by atoms with van der Waals surface area (Å²) in [6.07, 6.45) is 5.67. The Morgan fingerprint density at radius 3 is 2.67 bits per heavy atom. The second kappa shape index (κ2) is 8.54. The Morgan fingerprint density at radius 2 is 1.96 bits per heavy atom. The first kappa shape index (κ1) is 16.6. The largest absolute Gasteiger partial charge is 0.354 e. The number of hydrogen-bond acceptors (Lipinski definition) is 5. The number of benzene rings is 1. The van der Waals surface area contributed by atoms with E-state index in [1.807, 2.05) is 6.07 Å². The van der Waals surface area contributed by atoms with Gasteiger partial charge >= 0.3 is 0 Å². The first-order valence-electron chi connectivity index (χ1n) is 8.59. The number of aryl methyl sites for hydroxylation is 1. The fraction of sp³-hybridized carbons (Fsp3) is 0.529. The van der Waals surface area contributed by atoms with E-state index in [1.54, 1.807) is 4.68 Å². The molecule has 1 N–H and O–H groups in total. The molecule has 128 valence electrons. The number of aromatic nitrogens is 4. The number of tetrazole rings is 1. The van der Waals surface area contributed by atoms with Crippen molar-refractivity contribution in [2.45, 2.75) is 38.3 Å². The molecule has 0 spiro atoms. The molecule has 24 heavy (non-hydrogen) atoms. The number of hydrogen-bond donors (Lipinski definition) is 1. The van der Waals surface area contributed by atoms with Gasteiger partial charge in [0.25, 0.3) is 0 Å². The standard InChI is InChI=1S/C17H24N6O/c24-17(9-12-23-14-19-20-21-23)18-13-16(15-7-3-1-4-8-15)22-10-5-2-6-11-22/h1,3-4,7-8,14,16H,2,5-6,9-13H2,(H,18,24). The van der Waals surface area contributed by atoms with Crippen LogP contribution >= 0.6 is 0 Å². The summed E-state index contributed by atoms with van der Waals surface area (Å²) in [7, 11) is 0. The monoisotopic (exact) mass is 328 g/mol. The van der Waals surface area contributed by atoms with Crippen LogP contribution < -0.4 is 5.32 Å². The highest BCUT2D eigenvalue weighted by atomic mass is 16.1. The summed E-state index contributed by atoms with van der Waals surface area (Å²) >= 11 is 0. The van der Waals surface area contributed by atoms with Gasteiger partial charge in [-0.05, 0) is 41.9 Å². The lowest BCUT2D eigenvalue weighted by molar-refractivity contribution is -0.121. The zero-order valence-electron chi connectivity index (χ0n) is 13.8. The van der Waals surface area contributed by atoms with Gasteiger partial charge in [0, 0.05) is 13.0 Å². The summed E-state index contributed by atoms with van der Waals surface area (Å²) in [6.45, 7) is 3.33. The predicted octanol–water partition coefficient (Wildman–Crippen LogP) is 1.41. The van der Waals surface area contributed by atoms with E-state index in [1.165, 1.54) is 31.2 Å².